The lowest BCUT2D eigenvalue weighted by Gasteiger charge is -1.98. The predicted molar refractivity (Wildman–Crippen MR) is 71.4 cm³/mol. The first-order valence-electron chi connectivity index (χ1n) is 5.83. The van der Waals surface area contributed by atoms with Gasteiger partial charge in [0, 0.05) is 4.88 Å². The summed E-state index contributed by atoms with van der Waals surface area (Å²) in [7, 11) is 0. The van der Waals surface area contributed by atoms with Gasteiger partial charge in [-0.25, -0.2) is 4.79 Å². The summed E-state index contributed by atoms with van der Waals surface area (Å²) in [5, 5.41) is 9.21. The Morgan fingerprint density at radius 1 is 1.35 bits per heavy atom. The first-order chi connectivity index (χ1) is 7.88. The van der Waals surface area contributed by atoms with Crippen molar-refractivity contribution in [2.45, 2.75) is 40.7 Å². The zero-order valence-electron chi connectivity index (χ0n) is 11.2. The van der Waals surface area contributed by atoms with Gasteiger partial charge in [0.05, 0.1) is 12.7 Å². The van der Waals surface area contributed by atoms with E-state index in [0.717, 1.165) is 10.8 Å². The standard InChI is InChI=1S/C9H12O3S.C4H10/c1-3-12-9(11)8-5-4-7(13-8)6(2)10;1-4(2)3/h4-6,10H,3H2,1-2H3;4H,1-3H3. The van der Waals surface area contributed by atoms with Crippen LogP contribution >= 0.6 is 11.3 Å². The van der Waals surface area contributed by atoms with E-state index in [1.54, 1.807) is 26.0 Å². The summed E-state index contributed by atoms with van der Waals surface area (Å²) in [6.45, 7) is 10.3. The van der Waals surface area contributed by atoms with Gasteiger partial charge in [-0.05, 0) is 31.9 Å². The molecule has 0 saturated carbocycles. The van der Waals surface area contributed by atoms with Crippen molar-refractivity contribution in [3.63, 3.8) is 0 Å². The van der Waals surface area contributed by atoms with Gasteiger partial charge in [0.15, 0.2) is 0 Å². The van der Waals surface area contributed by atoms with E-state index in [9.17, 15) is 9.90 Å². The van der Waals surface area contributed by atoms with Gasteiger partial charge in [-0.3, -0.25) is 0 Å². The summed E-state index contributed by atoms with van der Waals surface area (Å²) >= 11 is 1.26. The Labute approximate surface area is 107 Å². The van der Waals surface area contributed by atoms with Gasteiger partial charge in [-0.15, -0.1) is 11.3 Å². The Balaban J connectivity index is 0.000000557. The summed E-state index contributed by atoms with van der Waals surface area (Å²) in [5.74, 6) is 0.513. The normalized spacial score (nSPS) is 11.7. The zero-order valence-corrected chi connectivity index (χ0v) is 12.0. The highest BCUT2D eigenvalue weighted by Crippen LogP contribution is 2.23. The molecule has 98 valence electrons. The topological polar surface area (TPSA) is 46.5 Å². The number of carbonyl (C=O) groups is 1. The van der Waals surface area contributed by atoms with E-state index < -0.39 is 6.10 Å². The highest BCUT2D eigenvalue weighted by molar-refractivity contribution is 7.14. The molecular weight excluding hydrogens is 236 g/mol. The summed E-state index contributed by atoms with van der Waals surface area (Å²) < 4.78 is 4.81. The maximum atomic E-state index is 11.2. The molecule has 0 aromatic carbocycles. The highest BCUT2D eigenvalue weighted by atomic mass is 32.1. The van der Waals surface area contributed by atoms with Crippen LogP contribution < -0.4 is 0 Å². The van der Waals surface area contributed by atoms with Crippen LogP contribution in [0, 0.1) is 5.92 Å². The molecule has 0 aliphatic carbocycles. The number of rotatable bonds is 3. The first-order valence-corrected chi connectivity index (χ1v) is 6.65. The molecule has 4 heteroatoms. The lowest BCUT2D eigenvalue weighted by atomic mass is 10.3. The minimum Gasteiger partial charge on any atom is -0.462 e. The van der Waals surface area contributed by atoms with E-state index in [1.165, 1.54) is 11.3 Å². The molecule has 17 heavy (non-hydrogen) atoms. The molecule has 0 amide bonds. The molecule has 1 N–H and O–H groups in total. The summed E-state index contributed by atoms with van der Waals surface area (Å²) in [6, 6.07) is 3.41. The summed E-state index contributed by atoms with van der Waals surface area (Å²) in [6.07, 6.45) is -0.520. The van der Waals surface area contributed by atoms with Gasteiger partial charge in [0.2, 0.25) is 0 Å². The maximum Gasteiger partial charge on any atom is 0.348 e. The van der Waals surface area contributed by atoms with Gasteiger partial charge in [-0.2, -0.15) is 0 Å². The van der Waals surface area contributed by atoms with E-state index in [-0.39, 0.29) is 5.97 Å². The monoisotopic (exact) mass is 258 g/mol. The average Bonchev–Trinajstić information content (AvgIpc) is 2.65. The Hall–Kier alpha value is -0.870. The molecule has 0 saturated heterocycles. The van der Waals surface area contributed by atoms with Crippen LogP contribution in [-0.2, 0) is 4.74 Å². The molecule has 1 heterocycles. The third kappa shape index (κ3) is 7.13. The predicted octanol–water partition coefficient (Wildman–Crippen LogP) is 3.64. The number of esters is 1. The fourth-order valence-electron chi connectivity index (χ4n) is 0.889. The van der Waals surface area contributed by atoms with Crippen LogP contribution in [0.15, 0.2) is 12.1 Å². The molecule has 1 aromatic heterocycles. The Bertz CT molecular complexity index is 326. The largest absolute Gasteiger partial charge is 0.462 e. The number of aliphatic hydroxyl groups excluding tert-OH is 1. The third-order valence-corrected chi connectivity index (χ3v) is 2.75. The number of hydrogen-bond acceptors (Lipinski definition) is 4. The second kappa shape index (κ2) is 8.25. The SMILES string of the molecule is CC(C)C.CCOC(=O)c1ccc(C(C)O)s1. The first kappa shape index (κ1) is 16.1. The number of ether oxygens (including phenoxy) is 1. The highest BCUT2D eigenvalue weighted by Gasteiger charge is 2.11. The molecule has 1 unspecified atom stereocenters. The molecule has 1 rings (SSSR count). The van der Waals surface area contributed by atoms with E-state index in [2.05, 4.69) is 20.8 Å². The lowest BCUT2D eigenvalue weighted by Crippen LogP contribution is -2.01. The van der Waals surface area contributed by atoms with Crippen molar-refractivity contribution in [1.29, 1.82) is 0 Å². The van der Waals surface area contributed by atoms with Crippen molar-refractivity contribution in [3.05, 3.63) is 21.9 Å². The van der Waals surface area contributed by atoms with Crippen LogP contribution in [0.25, 0.3) is 0 Å². The summed E-state index contributed by atoms with van der Waals surface area (Å²) in [4.78, 5) is 12.5. The average molecular weight is 258 g/mol. The number of carbonyl (C=O) groups excluding carboxylic acids is 1. The Morgan fingerprint density at radius 3 is 2.24 bits per heavy atom. The molecule has 1 aromatic rings. The molecule has 1 atom stereocenters. The maximum absolute atomic E-state index is 11.2. The minimum atomic E-state index is -0.520. The molecule has 0 fully saturated rings. The Kier molecular flexibility index (Phi) is 7.83. The van der Waals surface area contributed by atoms with Gasteiger partial charge < -0.3 is 9.84 Å². The van der Waals surface area contributed by atoms with Crippen LogP contribution in [0.1, 0.15) is 55.3 Å². The van der Waals surface area contributed by atoms with Crippen LogP contribution in [0.2, 0.25) is 0 Å². The smallest absolute Gasteiger partial charge is 0.348 e. The number of aliphatic hydroxyl groups is 1. The van der Waals surface area contributed by atoms with E-state index in [1.807, 2.05) is 0 Å². The van der Waals surface area contributed by atoms with Crippen LogP contribution in [0.5, 0.6) is 0 Å². The van der Waals surface area contributed by atoms with Gasteiger partial charge in [-0.1, -0.05) is 20.8 Å². The molecule has 3 nitrogen and oxygen atoms in total. The Morgan fingerprint density at radius 2 is 1.88 bits per heavy atom. The van der Waals surface area contributed by atoms with E-state index >= 15 is 0 Å². The molecule has 0 aliphatic rings. The number of hydrogen-bond donors (Lipinski definition) is 1. The van der Waals surface area contributed by atoms with Crippen molar-refractivity contribution in [2.75, 3.05) is 6.61 Å². The lowest BCUT2D eigenvalue weighted by molar-refractivity contribution is 0.0532. The van der Waals surface area contributed by atoms with Gasteiger partial charge in [0.25, 0.3) is 0 Å². The fourth-order valence-corrected chi connectivity index (χ4v) is 1.73. The van der Waals surface area contributed by atoms with E-state index in [4.69, 9.17) is 4.74 Å². The zero-order chi connectivity index (χ0) is 13.4. The van der Waals surface area contributed by atoms with Crippen LogP contribution in [-0.4, -0.2) is 17.7 Å². The molecule has 0 radical (unpaired) electrons. The molecule has 0 aliphatic heterocycles. The van der Waals surface area contributed by atoms with Crippen molar-refractivity contribution >= 4 is 17.3 Å². The summed E-state index contributed by atoms with van der Waals surface area (Å²) in [5.41, 5.74) is 0. The van der Waals surface area contributed by atoms with Crippen molar-refractivity contribution in [3.8, 4) is 0 Å². The fraction of sp³-hybridized carbons (Fsp3) is 0.615. The van der Waals surface area contributed by atoms with Gasteiger partial charge >= 0.3 is 5.97 Å². The third-order valence-electron chi connectivity index (χ3n) is 1.52. The second-order valence-corrected chi connectivity index (χ2v) is 5.45. The van der Waals surface area contributed by atoms with Gasteiger partial charge in [0.1, 0.15) is 4.88 Å². The second-order valence-electron chi connectivity index (χ2n) is 4.33. The number of thiophene rings is 1. The van der Waals surface area contributed by atoms with E-state index in [0.29, 0.717) is 11.5 Å². The quantitative estimate of drug-likeness (QED) is 0.842. The van der Waals surface area contributed by atoms with Crippen molar-refractivity contribution in [2.24, 2.45) is 5.92 Å². The van der Waals surface area contributed by atoms with Crippen molar-refractivity contribution < 1.29 is 14.6 Å². The van der Waals surface area contributed by atoms with Crippen LogP contribution in [0.3, 0.4) is 0 Å². The molecule has 0 spiro atoms. The molecule has 0 bridgehead atoms. The van der Waals surface area contributed by atoms with Crippen molar-refractivity contribution in [1.82, 2.24) is 0 Å². The van der Waals surface area contributed by atoms with Crippen LogP contribution in [0.4, 0.5) is 0 Å². The molecular formula is C13H22O3S. The minimum absolute atomic E-state index is 0.320.